The van der Waals surface area contributed by atoms with Gasteiger partial charge in [0.25, 0.3) is 0 Å². The summed E-state index contributed by atoms with van der Waals surface area (Å²) in [6.45, 7) is 3.66. The van der Waals surface area contributed by atoms with E-state index in [1.165, 1.54) is 4.88 Å². The third kappa shape index (κ3) is 6.81. The van der Waals surface area contributed by atoms with Crippen LogP contribution in [-0.4, -0.2) is 23.2 Å². The van der Waals surface area contributed by atoms with Crippen LogP contribution in [-0.2, 0) is 11.2 Å². The minimum atomic E-state index is -0.839. The Bertz CT molecular complexity index is 371. The van der Waals surface area contributed by atoms with Crippen molar-refractivity contribution in [1.82, 2.24) is 5.32 Å². The third-order valence-corrected chi connectivity index (χ3v) is 3.86. The van der Waals surface area contributed by atoms with E-state index < -0.39 is 5.60 Å². The molecule has 0 fully saturated rings. The van der Waals surface area contributed by atoms with Crippen LogP contribution >= 0.6 is 27.3 Å². The van der Waals surface area contributed by atoms with Crippen LogP contribution in [0.5, 0.6) is 0 Å². The molecule has 0 aliphatic heterocycles. The number of carbonyl (C=O) groups excluding carboxylic acids is 1. The second-order valence-electron chi connectivity index (χ2n) is 4.65. The number of hydrogen-bond donors (Lipinski definition) is 2. The van der Waals surface area contributed by atoms with Crippen LogP contribution in [0.4, 0.5) is 0 Å². The molecule has 0 spiro atoms. The minimum absolute atomic E-state index is 0.00254. The summed E-state index contributed by atoms with van der Waals surface area (Å²) in [6, 6.07) is 4.10. The van der Waals surface area contributed by atoms with E-state index in [1.807, 2.05) is 6.07 Å². The van der Waals surface area contributed by atoms with E-state index in [4.69, 9.17) is 0 Å². The zero-order chi connectivity index (χ0) is 12.9. The van der Waals surface area contributed by atoms with Gasteiger partial charge in [-0.3, -0.25) is 4.79 Å². The maximum Gasteiger partial charge on any atom is 0.220 e. The van der Waals surface area contributed by atoms with E-state index in [1.54, 1.807) is 25.2 Å². The number of carbonyl (C=O) groups is 1. The highest BCUT2D eigenvalue weighted by molar-refractivity contribution is 9.11. The summed E-state index contributed by atoms with van der Waals surface area (Å²) < 4.78 is 1.12. The van der Waals surface area contributed by atoms with Crippen molar-refractivity contribution in [2.75, 3.05) is 6.54 Å². The molecule has 1 rings (SSSR count). The summed E-state index contributed by atoms with van der Waals surface area (Å²) in [5, 5.41) is 12.2. The van der Waals surface area contributed by atoms with Crippen LogP contribution in [0.3, 0.4) is 0 Å². The van der Waals surface area contributed by atoms with Gasteiger partial charge in [-0.25, -0.2) is 0 Å². The number of aryl methyl sites for hydroxylation is 1. The molecule has 0 atom stereocenters. The Kier molecular flexibility index (Phi) is 5.62. The molecule has 0 aliphatic carbocycles. The molecule has 1 amide bonds. The van der Waals surface area contributed by atoms with Crippen molar-refractivity contribution in [3.05, 3.63) is 20.8 Å². The molecule has 0 aromatic carbocycles. The summed E-state index contributed by atoms with van der Waals surface area (Å²) in [5.74, 6) is 0.00254. The first-order valence-electron chi connectivity index (χ1n) is 5.60. The van der Waals surface area contributed by atoms with Gasteiger partial charge in [0, 0.05) is 17.8 Å². The Labute approximate surface area is 114 Å². The molecule has 3 nitrogen and oxygen atoms in total. The van der Waals surface area contributed by atoms with E-state index in [9.17, 15) is 9.90 Å². The largest absolute Gasteiger partial charge is 0.389 e. The molecular weight excluding hydrogens is 302 g/mol. The van der Waals surface area contributed by atoms with E-state index in [2.05, 4.69) is 27.3 Å². The Balaban J connectivity index is 2.16. The normalized spacial score (nSPS) is 11.5. The lowest BCUT2D eigenvalue weighted by Crippen LogP contribution is -2.38. The fourth-order valence-electron chi connectivity index (χ4n) is 1.31. The van der Waals surface area contributed by atoms with Gasteiger partial charge in [-0.1, -0.05) is 0 Å². The summed E-state index contributed by atoms with van der Waals surface area (Å²) in [7, 11) is 0. The SMILES string of the molecule is CC(C)(O)CNC(=O)CCCc1ccc(Br)s1. The first-order valence-corrected chi connectivity index (χ1v) is 7.21. The Morgan fingerprint density at radius 1 is 1.53 bits per heavy atom. The average Bonchev–Trinajstić information content (AvgIpc) is 2.60. The molecule has 96 valence electrons. The third-order valence-electron chi connectivity index (χ3n) is 2.17. The van der Waals surface area contributed by atoms with Gasteiger partial charge < -0.3 is 10.4 Å². The fourth-order valence-corrected chi connectivity index (χ4v) is 2.84. The van der Waals surface area contributed by atoms with Gasteiger partial charge in [0.15, 0.2) is 0 Å². The maximum absolute atomic E-state index is 11.5. The first-order chi connectivity index (χ1) is 7.87. The second-order valence-corrected chi connectivity index (χ2v) is 7.20. The number of nitrogens with one attached hydrogen (secondary N) is 1. The molecule has 0 saturated heterocycles. The van der Waals surface area contributed by atoms with Crippen LogP contribution in [0, 0.1) is 0 Å². The van der Waals surface area contributed by atoms with Gasteiger partial charge in [-0.2, -0.15) is 0 Å². The maximum atomic E-state index is 11.5. The predicted octanol–water partition coefficient (Wildman–Crippen LogP) is 2.72. The van der Waals surface area contributed by atoms with Gasteiger partial charge in [0.2, 0.25) is 5.91 Å². The van der Waals surface area contributed by atoms with Crippen LogP contribution in [0.15, 0.2) is 15.9 Å². The van der Waals surface area contributed by atoms with E-state index in [0.717, 1.165) is 16.6 Å². The fraction of sp³-hybridized carbons (Fsp3) is 0.583. The van der Waals surface area contributed by atoms with Crippen molar-refractivity contribution in [2.45, 2.75) is 38.7 Å². The lowest BCUT2D eigenvalue weighted by molar-refractivity contribution is -0.122. The van der Waals surface area contributed by atoms with E-state index in [0.29, 0.717) is 13.0 Å². The summed E-state index contributed by atoms with van der Waals surface area (Å²) in [6.07, 6.45) is 2.27. The molecule has 1 aromatic rings. The van der Waals surface area contributed by atoms with Gasteiger partial charge in [-0.05, 0) is 54.8 Å². The van der Waals surface area contributed by atoms with Crippen molar-refractivity contribution >= 4 is 33.2 Å². The summed E-state index contributed by atoms with van der Waals surface area (Å²) >= 11 is 5.11. The van der Waals surface area contributed by atoms with Crippen molar-refractivity contribution in [1.29, 1.82) is 0 Å². The highest BCUT2D eigenvalue weighted by Crippen LogP contribution is 2.23. The average molecular weight is 320 g/mol. The monoisotopic (exact) mass is 319 g/mol. The summed E-state index contributed by atoms with van der Waals surface area (Å²) in [4.78, 5) is 12.7. The number of halogens is 1. The molecular formula is C12H18BrNO2S. The Morgan fingerprint density at radius 3 is 2.76 bits per heavy atom. The van der Waals surface area contributed by atoms with Crippen LogP contribution < -0.4 is 5.32 Å². The number of amides is 1. The van der Waals surface area contributed by atoms with Crippen molar-refractivity contribution in [3.8, 4) is 0 Å². The zero-order valence-corrected chi connectivity index (χ0v) is 12.5. The standard InChI is InChI=1S/C12H18BrNO2S/c1-12(2,16)8-14-11(15)5-3-4-9-6-7-10(13)17-9/h6-7,16H,3-5,8H2,1-2H3,(H,14,15). The predicted molar refractivity (Wildman–Crippen MR) is 74.3 cm³/mol. The molecule has 1 aromatic heterocycles. The Morgan fingerprint density at radius 2 is 2.24 bits per heavy atom. The lowest BCUT2D eigenvalue weighted by Gasteiger charge is -2.17. The van der Waals surface area contributed by atoms with Crippen LogP contribution in [0.2, 0.25) is 0 Å². The summed E-state index contributed by atoms with van der Waals surface area (Å²) in [5.41, 5.74) is -0.839. The molecule has 1 heterocycles. The smallest absolute Gasteiger partial charge is 0.220 e. The van der Waals surface area contributed by atoms with Crippen LogP contribution in [0.1, 0.15) is 31.6 Å². The molecule has 0 unspecified atom stereocenters. The molecule has 5 heteroatoms. The van der Waals surface area contributed by atoms with Crippen molar-refractivity contribution in [3.63, 3.8) is 0 Å². The van der Waals surface area contributed by atoms with Gasteiger partial charge in [-0.15, -0.1) is 11.3 Å². The molecule has 0 radical (unpaired) electrons. The van der Waals surface area contributed by atoms with Gasteiger partial charge >= 0.3 is 0 Å². The quantitative estimate of drug-likeness (QED) is 0.847. The molecule has 0 saturated carbocycles. The molecule has 0 aliphatic rings. The van der Waals surface area contributed by atoms with Crippen molar-refractivity contribution < 1.29 is 9.90 Å². The highest BCUT2D eigenvalue weighted by atomic mass is 79.9. The van der Waals surface area contributed by atoms with Gasteiger partial charge in [0.05, 0.1) is 9.39 Å². The molecule has 0 bridgehead atoms. The highest BCUT2D eigenvalue weighted by Gasteiger charge is 2.13. The van der Waals surface area contributed by atoms with Crippen LogP contribution in [0.25, 0.3) is 0 Å². The first kappa shape index (κ1) is 14.7. The number of aliphatic hydroxyl groups is 1. The number of hydrogen-bond acceptors (Lipinski definition) is 3. The minimum Gasteiger partial charge on any atom is -0.389 e. The van der Waals surface area contributed by atoms with E-state index in [-0.39, 0.29) is 5.91 Å². The number of thiophene rings is 1. The second kappa shape index (κ2) is 6.52. The topological polar surface area (TPSA) is 49.3 Å². The van der Waals surface area contributed by atoms with Gasteiger partial charge in [0.1, 0.15) is 0 Å². The van der Waals surface area contributed by atoms with Crippen molar-refractivity contribution in [2.24, 2.45) is 0 Å². The zero-order valence-electron chi connectivity index (χ0n) is 10.1. The van der Waals surface area contributed by atoms with E-state index >= 15 is 0 Å². The number of rotatable bonds is 6. The molecule has 2 N–H and O–H groups in total. The molecule has 17 heavy (non-hydrogen) atoms. The Hall–Kier alpha value is -0.390. The lowest BCUT2D eigenvalue weighted by atomic mass is 10.1.